The van der Waals surface area contributed by atoms with Crippen molar-refractivity contribution in [3.63, 3.8) is 0 Å². The second kappa shape index (κ2) is 7.28. The van der Waals surface area contributed by atoms with Gasteiger partial charge in [-0.1, -0.05) is 38.7 Å². The highest BCUT2D eigenvalue weighted by Crippen LogP contribution is 2.15. The number of sulfone groups is 1. The van der Waals surface area contributed by atoms with Crippen molar-refractivity contribution in [2.24, 2.45) is 0 Å². The zero-order chi connectivity index (χ0) is 14.3. The maximum Gasteiger partial charge on any atom is 0.335 e. The Balaban J connectivity index is 2.66. The summed E-state index contributed by atoms with van der Waals surface area (Å²) in [6.45, 7) is 2.11. The first-order valence-electron chi connectivity index (χ1n) is 6.53. The third-order valence-electron chi connectivity index (χ3n) is 2.96. The fourth-order valence-corrected chi connectivity index (χ4v) is 3.25. The predicted octanol–water partition coefficient (Wildman–Crippen LogP) is 3.13. The number of hydrogen-bond donors (Lipinski definition) is 1. The molecule has 0 unspecified atom stereocenters. The van der Waals surface area contributed by atoms with E-state index in [1.807, 2.05) is 0 Å². The molecule has 1 rings (SSSR count). The third kappa shape index (κ3) is 5.03. The van der Waals surface area contributed by atoms with Gasteiger partial charge in [-0.25, -0.2) is 13.2 Å². The fraction of sp³-hybridized carbons (Fsp3) is 0.500. The first kappa shape index (κ1) is 15.7. The van der Waals surface area contributed by atoms with Crippen LogP contribution in [0.5, 0.6) is 0 Å². The molecule has 0 saturated carbocycles. The molecule has 0 aliphatic carbocycles. The summed E-state index contributed by atoms with van der Waals surface area (Å²) in [7, 11) is -3.37. The monoisotopic (exact) mass is 284 g/mol. The van der Waals surface area contributed by atoms with Crippen LogP contribution in [0.15, 0.2) is 29.2 Å². The van der Waals surface area contributed by atoms with E-state index in [1.54, 1.807) is 0 Å². The number of carboxylic acids is 1. The summed E-state index contributed by atoms with van der Waals surface area (Å²) >= 11 is 0. The van der Waals surface area contributed by atoms with Crippen LogP contribution < -0.4 is 0 Å². The van der Waals surface area contributed by atoms with E-state index in [0.717, 1.165) is 25.7 Å². The topological polar surface area (TPSA) is 71.4 Å². The van der Waals surface area contributed by atoms with E-state index in [4.69, 9.17) is 5.11 Å². The molecule has 0 saturated heterocycles. The van der Waals surface area contributed by atoms with E-state index < -0.39 is 15.8 Å². The summed E-state index contributed by atoms with van der Waals surface area (Å²) < 4.78 is 24.1. The van der Waals surface area contributed by atoms with Crippen LogP contribution in [0.25, 0.3) is 0 Å². The maximum absolute atomic E-state index is 12.0. The van der Waals surface area contributed by atoms with Crippen LogP contribution >= 0.6 is 0 Å². The van der Waals surface area contributed by atoms with Gasteiger partial charge >= 0.3 is 5.97 Å². The van der Waals surface area contributed by atoms with E-state index in [1.165, 1.54) is 24.3 Å². The molecular formula is C14H20O4S. The summed E-state index contributed by atoms with van der Waals surface area (Å²) in [5.41, 5.74) is 0.00654. The van der Waals surface area contributed by atoms with Crippen molar-refractivity contribution in [3.8, 4) is 0 Å². The fourth-order valence-electron chi connectivity index (χ4n) is 1.84. The lowest BCUT2D eigenvalue weighted by molar-refractivity contribution is 0.0696. The first-order chi connectivity index (χ1) is 8.97. The lowest BCUT2D eigenvalue weighted by Gasteiger charge is -2.05. The molecule has 19 heavy (non-hydrogen) atoms. The highest BCUT2D eigenvalue weighted by molar-refractivity contribution is 7.91. The molecule has 0 heterocycles. The van der Waals surface area contributed by atoms with Crippen molar-refractivity contribution in [2.45, 2.75) is 43.9 Å². The SMILES string of the molecule is CCCCCCCS(=O)(=O)c1cccc(C(=O)O)c1. The Morgan fingerprint density at radius 1 is 1.16 bits per heavy atom. The van der Waals surface area contributed by atoms with E-state index in [2.05, 4.69) is 6.92 Å². The van der Waals surface area contributed by atoms with Gasteiger partial charge in [0.15, 0.2) is 9.84 Å². The van der Waals surface area contributed by atoms with Gasteiger partial charge in [-0.05, 0) is 24.6 Å². The van der Waals surface area contributed by atoms with Gasteiger partial charge in [-0.2, -0.15) is 0 Å². The van der Waals surface area contributed by atoms with Crippen molar-refractivity contribution in [3.05, 3.63) is 29.8 Å². The molecule has 1 aromatic carbocycles. The van der Waals surface area contributed by atoms with Gasteiger partial charge in [0, 0.05) is 0 Å². The summed E-state index contributed by atoms with van der Waals surface area (Å²) in [6.07, 6.45) is 4.80. The van der Waals surface area contributed by atoms with Gasteiger partial charge in [0.05, 0.1) is 16.2 Å². The molecule has 0 atom stereocenters. The second-order valence-electron chi connectivity index (χ2n) is 4.57. The molecule has 106 valence electrons. The number of carbonyl (C=O) groups is 1. The molecular weight excluding hydrogens is 264 g/mol. The summed E-state index contributed by atoms with van der Waals surface area (Å²) in [5, 5.41) is 8.85. The molecule has 1 aromatic rings. The van der Waals surface area contributed by atoms with Crippen LogP contribution in [-0.4, -0.2) is 25.2 Å². The molecule has 4 nitrogen and oxygen atoms in total. The maximum atomic E-state index is 12.0. The Bertz CT molecular complexity index is 520. The normalized spacial score (nSPS) is 11.4. The standard InChI is InChI=1S/C14H20O4S/c1-2-3-4-5-6-10-19(17,18)13-9-7-8-12(11-13)14(15)16/h7-9,11H,2-6,10H2,1H3,(H,15,16). The highest BCUT2D eigenvalue weighted by atomic mass is 32.2. The average Bonchev–Trinajstić information content (AvgIpc) is 2.38. The quantitative estimate of drug-likeness (QED) is 0.744. The molecule has 0 amide bonds. The highest BCUT2D eigenvalue weighted by Gasteiger charge is 2.15. The van der Waals surface area contributed by atoms with Crippen molar-refractivity contribution < 1.29 is 18.3 Å². The van der Waals surface area contributed by atoms with Crippen LogP contribution in [0.1, 0.15) is 49.4 Å². The Morgan fingerprint density at radius 3 is 2.47 bits per heavy atom. The summed E-state index contributed by atoms with van der Waals surface area (Å²) in [5.74, 6) is -1.03. The van der Waals surface area contributed by atoms with Crippen molar-refractivity contribution in [1.29, 1.82) is 0 Å². The van der Waals surface area contributed by atoms with E-state index in [9.17, 15) is 13.2 Å². The zero-order valence-electron chi connectivity index (χ0n) is 11.1. The van der Waals surface area contributed by atoms with Gasteiger partial charge in [0.25, 0.3) is 0 Å². The first-order valence-corrected chi connectivity index (χ1v) is 8.18. The minimum absolute atomic E-state index is 0.00654. The van der Waals surface area contributed by atoms with Crippen molar-refractivity contribution in [1.82, 2.24) is 0 Å². The number of aromatic carboxylic acids is 1. The van der Waals surface area contributed by atoms with Gasteiger partial charge < -0.3 is 5.11 Å². The smallest absolute Gasteiger partial charge is 0.335 e. The Morgan fingerprint density at radius 2 is 1.84 bits per heavy atom. The summed E-state index contributed by atoms with van der Waals surface area (Å²) in [6, 6.07) is 5.54. The Kier molecular flexibility index (Phi) is 6.02. The molecule has 0 aliphatic rings. The minimum Gasteiger partial charge on any atom is -0.478 e. The minimum atomic E-state index is -3.37. The molecule has 0 radical (unpaired) electrons. The van der Waals surface area contributed by atoms with Gasteiger partial charge in [-0.15, -0.1) is 0 Å². The van der Waals surface area contributed by atoms with Crippen LogP contribution in [-0.2, 0) is 9.84 Å². The van der Waals surface area contributed by atoms with Crippen LogP contribution in [0.4, 0.5) is 0 Å². The number of carboxylic acid groups (broad SMARTS) is 1. The number of hydrogen-bond acceptors (Lipinski definition) is 3. The number of rotatable bonds is 8. The van der Waals surface area contributed by atoms with Gasteiger partial charge in [-0.3, -0.25) is 0 Å². The zero-order valence-corrected chi connectivity index (χ0v) is 11.9. The van der Waals surface area contributed by atoms with E-state index >= 15 is 0 Å². The average molecular weight is 284 g/mol. The Labute approximate surface area is 114 Å². The van der Waals surface area contributed by atoms with Crippen molar-refractivity contribution in [2.75, 3.05) is 5.75 Å². The molecule has 0 fully saturated rings. The Hall–Kier alpha value is -1.36. The van der Waals surface area contributed by atoms with Crippen LogP contribution in [0.3, 0.4) is 0 Å². The van der Waals surface area contributed by atoms with Gasteiger partial charge in [0.2, 0.25) is 0 Å². The number of unbranched alkanes of at least 4 members (excludes halogenated alkanes) is 4. The largest absolute Gasteiger partial charge is 0.478 e. The molecule has 0 bridgehead atoms. The van der Waals surface area contributed by atoms with E-state index in [-0.39, 0.29) is 16.2 Å². The predicted molar refractivity (Wildman–Crippen MR) is 74.2 cm³/mol. The van der Waals surface area contributed by atoms with E-state index in [0.29, 0.717) is 6.42 Å². The lowest BCUT2D eigenvalue weighted by atomic mass is 10.2. The molecule has 0 spiro atoms. The summed E-state index contributed by atoms with van der Waals surface area (Å²) in [4.78, 5) is 10.9. The third-order valence-corrected chi connectivity index (χ3v) is 4.76. The van der Waals surface area contributed by atoms with Gasteiger partial charge in [0.1, 0.15) is 0 Å². The molecule has 1 N–H and O–H groups in total. The lowest BCUT2D eigenvalue weighted by Crippen LogP contribution is -2.08. The van der Waals surface area contributed by atoms with Crippen LogP contribution in [0, 0.1) is 0 Å². The molecule has 0 aromatic heterocycles. The number of benzene rings is 1. The molecule has 0 aliphatic heterocycles. The second-order valence-corrected chi connectivity index (χ2v) is 6.68. The molecule has 5 heteroatoms. The van der Waals surface area contributed by atoms with Crippen molar-refractivity contribution >= 4 is 15.8 Å². The van der Waals surface area contributed by atoms with Crippen LogP contribution in [0.2, 0.25) is 0 Å².